The molecule has 1 nitrogen and oxygen atoms in total. The zero-order valence-corrected chi connectivity index (χ0v) is 9.68. The number of carbonyl (C=O) groups is 1. The molecule has 80 valence electrons. The van der Waals surface area contributed by atoms with Crippen molar-refractivity contribution in [2.75, 3.05) is 0 Å². The summed E-state index contributed by atoms with van der Waals surface area (Å²) in [6, 6.07) is 0. The molecule has 0 aromatic rings. The van der Waals surface area contributed by atoms with Crippen molar-refractivity contribution in [3.63, 3.8) is 0 Å². The highest BCUT2D eigenvalue weighted by Crippen LogP contribution is 2.57. The number of fused-ring (bicyclic) bond motifs is 1. The van der Waals surface area contributed by atoms with Crippen LogP contribution in [0.25, 0.3) is 0 Å². The second-order valence-electron chi connectivity index (χ2n) is 5.72. The van der Waals surface area contributed by atoms with Crippen molar-refractivity contribution in [1.82, 2.24) is 0 Å². The van der Waals surface area contributed by atoms with E-state index in [1.165, 1.54) is 25.7 Å². The Morgan fingerprint density at radius 3 is 2.64 bits per heavy atom. The number of hydrogen-bond donors (Lipinski definition) is 0. The monoisotopic (exact) mass is 194 g/mol. The van der Waals surface area contributed by atoms with Gasteiger partial charge in [-0.05, 0) is 43.4 Å². The Labute approximate surface area is 87.3 Å². The second-order valence-corrected chi connectivity index (χ2v) is 5.72. The molecule has 0 aliphatic heterocycles. The predicted molar refractivity (Wildman–Crippen MR) is 58.0 cm³/mol. The van der Waals surface area contributed by atoms with Gasteiger partial charge in [-0.25, -0.2) is 0 Å². The van der Waals surface area contributed by atoms with Gasteiger partial charge in [-0.1, -0.05) is 26.7 Å². The highest BCUT2D eigenvalue weighted by atomic mass is 16.1. The Bertz CT molecular complexity index is 246. The summed E-state index contributed by atoms with van der Waals surface area (Å²) in [6.45, 7) is 6.54. The normalized spacial score (nSPS) is 47.5. The number of carbonyl (C=O) groups excluding carboxylic acids is 1. The summed E-state index contributed by atoms with van der Waals surface area (Å²) in [6.07, 6.45) is 6.44. The van der Waals surface area contributed by atoms with Crippen molar-refractivity contribution >= 4 is 5.78 Å². The van der Waals surface area contributed by atoms with E-state index in [2.05, 4.69) is 13.8 Å². The molecule has 0 N–H and O–H groups in total. The van der Waals surface area contributed by atoms with E-state index in [9.17, 15) is 4.79 Å². The SMILES string of the molecule is CC(=O)[C@H]1CC[C@H]2[C@@H](C)CCC[C@]12C. The lowest BCUT2D eigenvalue weighted by atomic mass is 9.61. The third-order valence-electron chi connectivity index (χ3n) is 4.96. The van der Waals surface area contributed by atoms with Crippen molar-refractivity contribution in [3.8, 4) is 0 Å². The quantitative estimate of drug-likeness (QED) is 0.625. The first-order chi connectivity index (χ1) is 6.55. The van der Waals surface area contributed by atoms with E-state index in [4.69, 9.17) is 0 Å². The minimum atomic E-state index is 0.351. The first kappa shape index (κ1) is 10.2. The average molecular weight is 194 g/mol. The molecule has 0 unspecified atom stereocenters. The minimum absolute atomic E-state index is 0.351. The van der Waals surface area contributed by atoms with Crippen LogP contribution >= 0.6 is 0 Å². The van der Waals surface area contributed by atoms with Crippen LogP contribution in [0.3, 0.4) is 0 Å². The van der Waals surface area contributed by atoms with Gasteiger partial charge in [-0.15, -0.1) is 0 Å². The van der Waals surface area contributed by atoms with Crippen molar-refractivity contribution < 1.29 is 4.79 Å². The van der Waals surface area contributed by atoms with Gasteiger partial charge in [0.25, 0.3) is 0 Å². The van der Waals surface area contributed by atoms with Crippen LogP contribution in [0.4, 0.5) is 0 Å². The molecular formula is C13H22O. The molecule has 0 heterocycles. The largest absolute Gasteiger partial charge is 0.300 e. The fourth-order valence-electron chi connectivity index (χ4n) is 4.23. The first-order valence-electron chi connectivity index (χ1n) is 6.06. The molecule has 2 rings (SSSR count). The van der Waals surface area contributed by atoms with Crippen LogP contribution in [0.1, 0.15) is 52.9 Å². The van der Waals surface area contributed by atoms with E-state index in [0.29, 0.717) is 17.1 Å². The number of rotatable bonds is 1. The minimum Gasteiger partial charge on any atom is -0.300 e. The van der Waals surface area contributed by atoms with Crippen molar-refractivity contribution in [2.24, 2.45) is 23.2 Å². The third-order valence-corrected chi connectivity index (χ3v) is 4.96. The zero-order valence-electron chi connectivity index (χ0n) is 9.68. The van der Waals surface area contributed by atoms with Crippen LogP contribution < -0.4 is 0 Å². The molecule has 2 fully saturated rings. The Kier molecular flexibility index (Phi) is 2.45. The Hall–Kier alpha value is -0.330. The molecule has 14 heavy (non-hydrogen) atoms. The number of Topliss-reactive ketones (excluding diaryl/α,β-unsaturated/α-hetero) is 1. The van der Waals surface area contributed by atoms with Gasteiger partial charge in [0.05, 0.1) is 0 Å². The second kappa shape index (κ2) is 3.36. The molecule has 4 atom stereocenters. The summed E-state index contributed by atoms with van der Waals surface area (Å²) in [4.78, 5) is 11.6. The van der Waals surface area contributed by atoms with E-state index in [1.54, 1.807) is 6.92 Å². The molecular weight excluding hydrogens is 172 g/mol. The van der Waals surface area contributed by atoms with Gasteiger partial charge in [0.2, 0.25) is 0 Å². The molecule has 0 saturated heterocycles. The summed E-state index contributed by atoms with van der Waals surface area (Å²) in [7, 11) is 0. The lowest BCUT2D eigenvalue weighted by Crippen LogP contribution is -2.38. The van der Waals surface area contributed by atoms with Gasteiger partial charge in [-0.3, -0.25) is 4.79 Å². The van der Waals surface area contributed by atoms with Gasteiger partial charge < -0.3 is 0 Å². The van der Waals surface area contributed by atoms with E-state index in [0.717, 1.165) is 18.3 Å². The van der Waals surface area contributed by atoms with E-state index < -0.39 is 0 Å². The standard InChI is InChI=1S/C13H22O/c1-9-5-4-8-13(3)11(9)6-7-12(13)10(2)14/h9,11-12H,4-8H2,1-3H3/t9-,11-,12+,13-/m0/s1. The predicted octanol–water partition coefficient (Wildman–Crippen LogP) is 3.43. The summed E-state index contributed by atoms with van der Waals surface area (Å²) in [5.41, 5.74) is 0.351. The van der Waals surface area contributed by atoms with Gasteiger partial charge in [0.15, 0.2) is 0 Å². The maximum absolute atomic E-state index is 11.6. The van der Waals surface area contributed by atoms with Crippen LogP contribution in [-0.2, 0) is 4.79 Å². The van der Waals surface area contributed by atoms with Crippen LogP contribution in [0.2, 0.25) is 0 Å². The Morgan fingerprint density at radius 2 is 2.00 bits per heavy atom. The van der Waals surface area contributed by atoms with Crippen molar-refractivity contribution in [2.45, 2.75) is 52.9 Å². The van der Waals surface area contributed by atoms with Crippen LogP contribution in [0.5, 0.6) is 0 Å². The van der Waals surface area contributed by atoms with Crippen molar-refractivity contribution in [1.29, 1.82) is 0 Å². The molecule has 0 radical (unpaired) electrons. The zero-order chi connectivity index (χ0) is 10.3. The first-order valence-corrected chi connectivity index (χ1v) is 6.06. The molecule has 1 heteroatoms. The summed E-state index contributed by atoms with van der Waals surface area (Å²) >= 11 is 0. The smallest absolute Gasteiger partial charge is 0.133 e. The van der Waals surface area contributed by atoms with Crippen molar-refractivity contribution in [3.05, 3.63) is 0 Å². The molecule has 2 aliphatic rings. The molecule has 0 spiro atoms. The Morgan fingerprint density at radius 1 is 1.29 bits per heavy atom. The van der Waals surface area contributed by atoms with E-state index in [-0.39, 0.29) is 0 Å². The topological polar surface area (TPSA) is 17.1 Å². The maximum Gasteiger partial charge on any atom is 0.133 e. The third kappa shape index (κ3) is 1.32. The van der Waals surface area contributed by atoms with Gasteiger partial charge >= 0.3 is 0 Å². The highest BCUT2D eigenvalue weighted by Gasteiger charge is 2.51. The van der Waals surface area contributed by atoms with E-state index in [1.807, 2.05) is 0 Å². The summed E-state index contributed by atoms with van der Waals surface area (Å²) < 4.78 is 0. The molecule has 0 aromatic heterocycles. The lowest BCUT2D eigenvalue weighted by Gasteiger charge is -2.43. The van der Waals surface area contributed by atoms with Gasteiger partial charge in [0, 0.05) is 5.92 Å². The Balaban J connectivity index is 2.24. The summed E-state index contributed by atoms with van der Waals surface area (Å²) in [5.74, 6) is 2.47. The number of ketones is 1. The average Bonchev–Trinajstić information content (AvgIpc) is 2.43. The molecule has 0 aromatic carbocycles. The fourth-order valence-corrected chi connectivity index (χ4v) is 4.23. The highest BCUT2D eigenvalue weighted by molar-refractivity contribution is 5.79. The fraction of sp³-hybridized carbons (Fsp3) is 0.923. The molecule has 0 bridgehead atoms. The van der Waals surface area contributed by atoms with Crippen LogP contribution in [-0.4, -0.2) is 5.78 Å². The van der Waals surface area contributed by atoms with Crippen LogP contribution in [0, 0.1) is 23.2 Å². The molecule has 2 aliphatic carbocycles. The molecule has 2 saturated carbocycles. The van der Waals surface area contributed by atoms with Gasteiger partial charge in [0.1, 0.15) is 5.78 Å². The number of hydrogen-bond acceptors (Lipinski definition) is 1. The molecule has 0 amide bonds. The summed E-state index contributed by atoms with van der Waals surface area (Å²) in [5, 5.41) is 0. The van der Waals surface area contributed by atoms with Crippen LogP contribution in [0.15, 0.2) is 0 Å². The lowest BCUT2D eigenvalue weighted by molar-refractivity contribution is -0.125. The maximum atomic E-state index is 11.6. The van der Waals surface area contributed by atoms with E-state index >= 15 is 0 Å². The van der Waals surface area contributed by atoms with Gasteiger partial charge in [-0.2, -0.15) is 0 Å².